The number of hydrogen-bond acceptors (Lipinski definition) is 5. The molecule has 2 aliphatic rings. The fraction of sp³-hybridized carbons (Fsp3) is 0.333. The molecule has 4 rings (SSSR count). The number of rotatable bonds is 5. The highest BCUT2D eigenvalue weighted by Gasteiger charge is 2.30. The Morgan fingerprint density at radius 2 is 2.10 bits per heavy atom. The maximum Gasteiger partial charge on any atom is 0.341 e. The van der Waals surface area contributed by atoms with Crippen LogP contribution in [-0.2, 0) is 22.4 Å². The fourth-order valence-corrected chi connectivity index (χ4v) is 5.27. The average molecular weight is 424 g/mol. The van der Waals surface area contributed by atoms with Gasteiger partial charge in [-0.25, -0.2) is 4.79 Å². The molecule has 6 heteroatoms. The second-order valence-corrected chi connectivity index (χ2v) is 8.56. The van der Waals surface area contributed by atoms with Crippen molar-refractivity contribution in [2.45, 2.75) is 39.5 Å². The highest BCUT2D eigenvalue weighted by molar-refractivity contribution is 7.17. The molecule has 0 bridgehead atoms. The molecule has 0 radical (unpaired) electrons. The van der Waals surface area contributed by atoms with E-state index >= 15 is 0 Å². The second-order valence-electron chi connectivity index (χ2n) is 7.46. The molecular formula is C24H25NO4S. The van der Waals surface area contributed by atoms with E-state index in [1.54, 1.807) is 19.1 Å². The van der Waals surface area contributed by atoms with Gasteiger partial charge >= 0.3 is 5.97 Å². The molecule has 1 unspecified atom stereocenters. The lowest BCUT2D eigenvalue weighted by Crippen LogP contribution is -2.17. The highest BCUT2D eigenvalue weighted by Crippen LogP contribution is 2.41. The van der Waals surface area contributed by atoms with Gasteiger partial charge in [-0.1, -0.05) is 31.5 Å². The summed E-state index contributed by atoms with van der Waals surface area (Å²) < 4.78 is 10.9. The number of fused-ring (bicyclic) bond motifs is 2. The monoisotopic (exact) mass is 423 g/mol. The third-order valence-corrected chi connectivity index (χ3v) is 6.76. The van der Waals surface area contributed by atoms with Crippen molar-refractivity contribution in [3.8, 4) is 5.75 Å². The Morgan fingerprint density at radius 1 is 1.27 bits per heavy atom. The topological polar surface area (TPSA) is 64.6 Å². The lowest BCUT2D eigenvalue weighted by atomic mass is 9.85. The van der Waals surface area contributed by atoms with Gasteiger partial charge in [0, 0.05) is 16.0 Å². The van der Waals surface area contributed by atoms with E-state index in [0.29, 0.717) is 34.4 Å². The van der Waals surface area contributed by atoms with Crippen LogP contribution in [0.1, 0.15) is 53.1 Å². The van der Waals surface area contributed by atoms with Gasteiger partial charge < -0.3 is 14.8 Å². The molecule has 0 saturated heterocycles. The number of benzene rings is 1. The number of para-hydroxylation sites is 1. The third-order valence-electron chi connectivity index (χ3n) is 5.59. The van der Waals surface area contributed by atoms with Gasteiger partial charge in [0.1, 0.15) is 10.8 Å². The van der Waals surface area contributed by atoms with E-state index in [4.69, 9.17) is 9.47 Å². The molecule has 5 nitrogen and oxygen atoms in total. The number of carbonyl (C=O) groups excluding carboxylic acids is 2. The van der Waals surface area contributed by atoms with Crippen LogP contribution in [0.4, 0.5) is 5.00 Å². The maximum atomic E-state index is 13.1. The quantitative estimate of drug-likeness (QED) is 0.657. The van der Waals surface area contributed by atoms with Crippen molar-refractivity contribution < 1.29 is 19.1 Å². The van der Waals surface area contributed by atoms with Crippen LogP contribution in [-0.4, -0.2) is 18.5 Å². The van der Waals surface area contributed by atoms with Gasteiger partial charge in [0.15, 0.2) is 0 Å². The van der Waals surface area contributed by atoms with E-state index < -0.39 is 0 Å². The molecule has 1 aliphatic heterocycles. The van der Waals surface area contributed by atoms with Gasteiger partial charge in [-0.2, -0.15) is 0 Å². The number of hydrogen-bond donors (Lipinski definition) is 1. The van der Waals surface area contributed by atoms with Crippen molar-refractivity contribution in [1.82, 2.24) is 0 Å². The Labute approximate surface area is 180 Å². The molecule has 2 heterocycles. The van der Waals surface area contributed by atoms with Gasteiger partial charge in [-0.05, 0) is 55.9 Å². The van der Waals surface area contributed by atoms with Gasteiger partial charge in [0.25, 0.3) is 5.91 Å². The Morgan fingerprint density at radius 3 is 2.90 bits per heavy atom. The van der Waals surface area contributed by atoms with Crippen molar-refractivity contribution in [3.05, 3.63) is 63.7 Å². The fourth-order valence-electron chi connectivity index (χ4n) is 3.93. The molecule has 1 atom stereocenters. The SMILES string of the molecule is CCOC(=O)c1c(NC(=O)C2=Cc3ccccc3OC=C2)sc2c1CCC(CC)C2. The average Bonchev–Trinajstić information content (AvgIpc) is 2.95. The first kappa shape index (κ1) is 20.4. The number of nitrogens with one attached hydrogen (secondary N) is 1. The summed E-state index contributed by atoms with van der Waals surface area (Å²) in [5.74, 6) is 0.680. The van der Waals surface area contributed by atoms with E-state index in [-0.39, 0.29) is 11.9 Å². The molecule has 0 fully saturated rings. The van der Waals surface area contributed by atoms with Crippen LogP contribution in [0.2, 0.25) is 0 Å². The van der Waals surface area contributed by atoms with Crippen molar-refractivity contribution in [2.75, 3.05) is 11.9 Å². The number of esters is 1. The standard InChI is InChI=1S/C24H25NO4S/c1-3-15-9-10-18-20(13-15)30-23(21(18)24(27)28-4-2)25-22(26)17-11-12-29-19-8-6-5-7-16(19)14-17/h5-8,11-12,14-15H,3-4,9-10,13H2,1-2H3,(H,25,26). The van der Waals surface area contributed by atoms with Gasteiger partial charge in [-0.15, -0.1) is 11.3 Å². The highest BCUT2D eigenvalue weighted by atomic mass is 32.1. The number of thiophene rings is 1. The number of amides is 1. The van der Waals surface area contributed by atoms with Crippen molar-refractivity contribution in [3.63, 3.8) is 0 Å². The second kappa shape index (κ2) is 8.88. The van der Waals surface area contributed by atoms with Crippen LogP contribution in [0, 0.1) is 5.92 Å². The number of anilines is 1. The zero-order valence-electron chi connectivity index (χ0n) is 17.2. The lowest BCUT2D eigenvalue weighted by Gasteiger charge is -2.20. The molecule has 0 saturated carbocycles. The molecule has 0 spiro atoms. The summed E-state index contributed by atoms with van der Waals surface area (Å²) in [4.78, 5) is 27.0. The van der Waals surface area contributed by atoms with E-state index in [1.807, 2.05) is 24.3 Å². The van der Waals surface area contributed by atoms with Crippen LogP contribution in [0.15, 0.2) is 42.2 Å². The van der Waals surface area contributed by atoms with Crippen LogP contribution in [0.3, 0.4) is 0 Å². The molecular weight excluding hydrogens is 398 g/mol. The first-order valence-electron chi connectivity index (χ1n) is 10.4. The largest absolute Gasteiger partial charge is 0.464 e. The molecule has 1 amide bonds. The summed E-state index contributed by atoms with van der Waals surface area (Å²) in [6.45, 7) is 4.29. The summed E-state index contributed by atoms with van der Waals surface area (Å²) in [7, 11) is 0. The summed E-state index contributed by atoms with van der Waals surface area (Å²) in [5, 5.41) is 3.55. The smallest absolute Gasteiger partial charge is 0.341 e. The van der Waals surface area contributed by atoms with Gasteiger partial charge in [0.05, 0.1) is 18.4 Å². The predicted molar refractivity (Wildman–Crippen MR) is 119 cm³/mol. The molecule has 1 aromatic heterocycles. The Bertz CT molecular complexity index is 1030. The normalized spacial score (nSPS) is 17.1. The van der Waals surface area contributed by atoms with E-state index in [1.165, 1.54) is 22.5 Å². The van der Waals surface area contributed by atoms with Crippen molar-refractivity contribution >= 4 is 34.3 Å². The molecule has 156 valence electrons. The third kappa shape index (κ3) is 4.05. The first-order valence-corrected chi connectivity index (χ1v) is 11.2. The minimum absolute atomic E-state index is 0.275. The molecule has 30 heavy (non-hydrogen) atoms. The Kier molecular flexibility index (Phi) is 6.04. The van der Waals surface area contributed by atoms with E-state index in [2.05, 4.69) is 12.2 Å². The molecule has 1 N–H and O–H groups in total. The maximum absolute atomic E-state index is 13.1. The summed E-state index contributed by atoms with van der Waals surface area (Å²) in [6.07, 6.45) is 8.90. The number of carbonyl (C=O) groups is 2. The van der Waals surface area contributed by atoms with E-state index in [9.17, 15) is 9.59 Å². The summed E-state index contributed by atoms with van der Waals surface area (Å²) >= 11 is 1.50. The first-order chi connectivity index (χ1) is 14.6. The zero-order valence-corrected chi connectivity index (χ0v) is 18.0. The van der Waals surface area contributed by atoms with Gasteiger partial charge in [-0.3, -0.25) is 4.79 Å². The predicted octanol–water partition coefficient (Wildman–Crippen LogP) is 5.37. The van der Waals surface area contributed by atoms with Crippen LogP contribution in [0.25, 0.3) is 6.08 Å². The minimum atomic E-state index is -0.362. The van der Waals surface area contributed by atoms with Crippen molar-refractivity contribution in [2.24, 2.45) is 5.92 Å². The van der Waals surface area contributed by atoms with E-state index in [0.717, 1.165) is 36.8 Å². The lowest BCUT2D eigenvalue weighted by molar-refractivity contribution is -0.112. The zero-order chi connectivity index (χ0) is 21.1. The van der Waals surface area contributed by atoms with Crippen molar-refractivity contribution in [1.29, 1.82) is 0 Å². The molecule has 1 aliphatic carbocycles. The number of ether oxygens (including phenoxy) is 2. The van der Waals surface area contributed by atoms with Crippen LogP contribution in [0.5, 0.6) is 5.75 Å². The molecule has 2 aromatic rings. The van der Waals surface area contributed by atoms with Gasteiger partial charge in [0.2, 0.25) is 0 Å². The minimum Gasteiger partial charge on any atom is -0.464 e. The Hall–Kier alpha value is -2.86. The molecule has 1 aromatic carbocycles. The Balaban J connectivity index is 1.65. The van der Waals surface area contributed by atoms with Crippen LogP contribution < -0.4 is 10.1 Å². The summed E-state index contributed by atoms with van der Waals surface area (Å²) in [6, 6.07) is 7.54. The summed E-state index contributed by atoms with van der Waals surface area (Å²) in [5.41, 5.74) is 2.86. The van der Waals surface area contributed by atoms with Crippen LogP contribution >= 0.6 is 11.3 Å².